The van der Waals surface area contributed by atoms with E-state index in [1.54, 1.807) is 7.05 Å². The first-order chi connectivity index (χ1) is 11.7. The van der Waals surface area contributed by atoms with Gasteiger partial charge in [0.25, 0.3) is 0 Å². The molecule has 2 aromatic carbocycles. The van der Waals surface area contributed by atoms with Gasteiger partial charge in [-0.1, -0.05) is 42.5 Å². The lowest BCUT2D eigenvalue weighted by Crippen LogP contribution is -2.38. The summed E-state index contributed by atoms with van der Waals surface area (Å²) in [5.41, 5.74) is 3.41. The maximum absolute atomic E-state index is 4.69. The molecule has 0 bridgehead atoms. The quantitative estimate of drug-likeness (QED) is 0.378. The van der Waals surface area contributed by atoms with Gasteiger partial charge in [-0.15, -0.1) is 24.0 Å². The van der Waals surface area contributed by atoms with Crippen LogP contribution in [0.4, 0.5) is 0 Å². The third-order valence-electron chi connectivity index (χ3n) is 4.12. The molecule has 0 saturated heterocycles. The molecule has 6 heteroatoms. The van der Waals surface area contributed by atoms with Crippen molar-refractivity contribution in [1.29, 1.82) is 0 Å². The molecule has 0 fully saturated rings. The van der Waals surface area contributed by atoms with Crippen molar-refractivity contribution in [1.82, 2.24) is 19.8 Å². The van der Waals surface area contributed by atoms with Crippen LogP contribution in [0.1, 0.15) is 11.4 Å². The molecule has 1 N–H and O–H groups in total. The number of halogens is 1. The predicted octanol–water partition coefficient (Wildman–Crippen LogP) is 3.40. The van der Waals surface area contributed by atoms with Gasteiger partial charge in [0, 0.05) is 27.7 Å². The van der Waals surface area contributed by atoms with Gasteiger partial charge in [-0.25, -0.2) is 4.98 Å². The Bertz CT molecular complexity index is 841. The Morgan fingerprint density at radius 2 is 1.80 bits per heavy atom. The number of hydrogen-bond acceptors (Lipinski definition) is 2. The molecule has 3 aromatic rings. The zero-order valence-electron chi connectivity index (χ0n) is 14.8. The van der Waals surface area contributed by atoms with Gasteiger partial charge in [0.15, 0.2) is 5.96 Å². The number of aliphatic imine (C=N–C) groups is 1. The number of rotatable bonds is 4. The standard InChI is InChI=1S/C19H23N5.HI/c1-20-19(23(2)14-15-9-5-4-6-10-15)21-13-18-22-16-11-7-8-12-17(16)24(18)3;/h4-12H,13-14H2,1-3H3,(H,20,21);1H. The molecule has 1 aromatic heterocycles. The molecule has 25 heavy (non-hydrogen) atoms. The molecule has 3 rings (SSSR count). The summed E-state index contributed by atoms with van der Waals surface area (Å²) in [7, 11) is 5.89. The maximum Gasteiger partial charge on any atom is 0.194 e. The fraction of sp³-hybridized carbons (Fsp3) is 0.263. The molecule has 0 amide bonds. The van der Waals surface area contributed by atoms with Crippen molar-refractivity contribution < 1.29 is 0 Å². The zero-order valence-corrected chi connectivity index (χ0v) is 17.1. The summed E-state index contributed by atoms with van der Waals surface area (Å²) in [6.45, 7) is 1.44. The van der Waals surface area contributed by atoms with Gasteiger partial charge in [0.2, 0.25) is 0 Å². The number of imidazole rings is 1. The van der Waals surface area contributed by atoms with Gasteiger partial charge in [-0.3, -0.25) is 4.99 Å². The van der Waals surface area contributed by atoms with Gasteiger partial charge in [0.05, 0.1) is 17.6 Å². The molecule has 0 radical (unpaired) electrons. The minimum Gasteiger partial charge on any atom is -0.349 e. The van der Waals surface area contributed by atoms with Crippen LogP contribution in [0.2, 0.25) is 0 Å². The molecule has 132 valence electrons. The molecule has 0 aliphatic carbocycles. The lowest BCUT2D eigenvalue weighted by Gasteiger charge is -2.22. The van der Waals surface area contributed by atoms with E-state index in [1.165, 1.54) is 5.56 Å². The summed E-state index contributed by atoms with van der Waals surface area (Å²) in [5, 5.41) is 3.40. The van der Waals surface area contributed by atoms with Crippen molar-refractivity contribution in [2.45, 2.75) is 13.1 Å². The van der Waals surface area contributed by atoms with Crippen molar-refractivity contribution in [2.24, 2.45) is 12.0 Å². The van der Waals surface area contributed by atoms with Crippen LogP contribution in [0.3, 0.4) is 0 Å². The third-order valence-corrected chi connectivity index (χ3v) is 4.12. The van der Waals surface area contributed by atoms with Gasteiger partial charge < -0.3 is 14.8 Å². The van der Waals surface area contributed by atoms with E-state index in [-0.39, 0.29) is 24.0 Å². The normalized spacial score (nSPS) is 11.2. The summed E-state index contributed by atoms with van der Waals surface area (Å²) in [6.07, 6.45) is 0. The fourth-order valence-corrected chi connectivity index (χ4v) is 2.83. The number of aromatic nitrogens is 2. The average molecular weight is 449 g/mol. The topological polar surface area (TPSA) is 45.5 Å². The SMILES string of the molecule is CN=C(NCc1nc2ccccc2n1C)N(C)Cc1ccccc1.I. The average Bonchev–Trinajstić information content (AvgIpc) is 2.93. The van der Waals surface area contributed by atoms with Crippen molar-refractivity contribution in [3.63, 3.8) is 0 Å². The van der Waals surface area contributed by atoms with E-state index in [0.29, 0.717) is 6.54 Å². The van der Waals surface area contributed by atoms with Crippen LogP contribution in [0.5, 0.6) is 0 Å². The zero-order chi connectivity index (χ0) is 16.9. The van der Waals surface area contributed by atoms with Crippen LogP contribution in [-0.2, 0) is 20.1 Å². The summed E-state index contributed by atoms with van der Waals surface area (Å²) in [5.74, 6) is 1.84. The van der Waals surface area contributed by atoms with Crippen LogP contribution in [0, 0.1) is 0 Å². The van der Waals surface area contributed by atoms with E-state index >= 15 is 0 Å². The van der Waals surface area contributed by atoms with E-state index in [9.17, 15) is 0 Å². The van der Waals surface area contributed by atoms with E-state index in [1.807, 2.05) is 38.4 Å². The van der Waals surface area contributed by atoms with Crippen molar-refractivity contribution in [3.05, 3.63) is 66.0 Å². The second-order valence-corrected chi connectivity index (χ2v) is 5.82. The number of nitrogens with zero attached hydrogens (tertiary/aromatic N) is 4. The Hall–Kier alpha value is -2.09. The van der Waals surface area contributed by atoms with E-state index < -0.39 is 0 Å². The molecule has 0 saturated carbocycles. The number of hydrogen-bond donors (Lipinski definition) is 1. The molecular formula is C19H24IN5. The number of guanidine groups is 1. The summed E-state index contributed by atoms with van der Waals surface area (Å²) in [6, 6.07) is 18.6. The Labute approximate surface area is 165 Å². The monoisotopic (exact) mass is 449 g/mol. The number of fused-ring (bicyclic) bond motifs is 1. The van der Waals surface area contributed by atoms with Crippen molar-refractivity contribution in [2.75, 3.05) is 14.1 Å². The largest absolute Gasteiger partial charge is 0.349 e. The summed E-state index contributed by atoms with van der Waals surface area (Å²) < 4.78 is 2.12. The number of para-hydroxylation sites is 2. The molecule has 0 aliphatic rings. The van der Waals surface area contributed by atoms with E-state index in [2.05, 4.69) is 55.1 Å². The maximum atomic E-state index is 4.69. The number of benzene rings is 2. The fourth-order valence-electron chi connectivity index (χ4n) is 2.83. The number of nitrogens with one attached hydrogen (secondary N) is 1. The minimum absolute atomic E-state index is 0. The highest BCUT2D eigenvalue weighted by molar-refractivity contribution is 14.0. The van der Waals surface area contributed by atoms with Crippen LogP contribution >= 0.6 is 24.0 Å². The Balaban J connectivity index is 0.00000225. The van der Waals surface area contributed by atoms with Crippen molar-refractivity contribution in [3.8, 4) is 0 Å². The van der Waals surface area contributed by atoms with Gasteiger partial charge in [-0.2, -0.15) is 0 Å². The predicted molar refractivity (Wildman–Crippen MR) is 114 cm³/mol. The Kier molecular flexibility index (Phi) is 6.81. The second-order valence-electron chi connectivity index (χ2n) is 5.82. The lowest BCUT2D eigenvalue weighted by atomic mass is 10.2. The summed E-state index contributed by atoms with van der Waals surface area (Å²) in [4.78, 5) is 11.2. The highest BCUT2D eigenvalue weighted by atomic mass is 127. The lowest BCUT2D eigenvalue weighted by molar-refractivity contribution is 0.474. The smallest absolute Gasteiger partial charge is 0.194 e. The molecule has 0 spiro atoms. The van der Waals surface area contributed by atoms with Crippen molar-refractivity contribution >= 4 is 41.0 Å². The first-order valence-electron chi connectivity index (χ1n) is 8.05. The van der Waals surface area contributed by atoms with E-state index in [0.717, 1.165) is 29.4 Å². The van der Waals surface area contributed by atoms with Crippen LogP contribution in [0.15, 0.2) is 59.6 Å². The minimum atomic E-state index is 0. The first kappa shape index (κ1) is 19.2. The molecule has 0 aliphatic heterocycles. The molecule has 0 atom stereocenters. The highest BCUT2D eigenvalue weighted by Gasteiger charge is 2.10. The Morgan fingerprint density at radius 3 is 2.48 bits per heavy atom. The van der Waals surface area contributed by atoms with Crippen LogP contribution in [-0.4, -0.2) is 34.5 Å². The summed E-state index contributed by atoms with van der Waals surface area (Å²) >= 11 is 0. The Morgan fingerprint density at radius 1 is 1.12 bits per heavy atom. The number of aryl methyl sites for hydroxylation is 1. The second kappa shape index (κ2) is 8.84. The van der Waals surface area contributed by atoms with Gasteiger partial charge in [0.1, 0.15) is 5.82 Å². The third kappa shape index (κ3) is 4.50. The first-order valence-corrected chi connectivity index (χ1v) is 8.05. The van der Waals surface area contributed by atoms with Gasteiger partial charge in [-0.05, 0) is 17.7 Å². The molecule has 1 heterocycles. The molecule has 5 nitrogen and oxygen atoms in total. The van der Waals surface area contributed by atoms with Crippen LogP contribution in [0.25, 0.3) is 11.0 Å². The van der Waals surface area contributed by atoms with Crippen LogP contribution < -0.4 is 5.32 Å². The highest BCUT2D eigenvalue weighted by Crippen LogP contribution is 2.14. The molecular weight excluding hydrogens is 425 g/mol. The van der Waals surface area contributed by atoms with Gasteiger partial charge >= 0.3 is 0 Å². The van der Waals surface area contributed by atoms with E-state index in [4.69, 9.17) is 0 Å². The molecule has 0 unspecified atom stereocenters.